The molecule has 0 radical (unpaired) electrons. The number of benzene rings is 2. The number of nitrogens with one attached hydrogen (secondary N) is 3. The van der Waals surface area contributed by atoms with Crippen molar-refractivity contribution in [1.29, 1.82) is 0 Å². The molecule has 3 rings (SSSR count). The highest BCUT2D eigenvalue weighted by atomic mass is 35.5. The number of hydrogen-bond donors (Lipinski definition) is 3. The molecule has 1 aliphatic carbocycles. The van der Waals surface area contributed by atoms with Gasteiger partial charge in [0.1, 0.15) is 0 Å². The van der Waals surface area contributed by atoms with Gasteiger partial charge in [0.2, 0.25) is 5.91 Å². The van der Waals surface area contributed by atoms with E-state index in [1.807, 2.05) is 26.0 Å². The number of amides is 2. The highest BCUT2D eigenvalue weighted by molar-refractivity contribution is 6.34. The molecule has 154 valence electrons. The molecule has 0 aromatic heterocycles. The van der Waals surface area contributed by atoms with Gasteiger partial charge in [-0.05, 0) is 56.5 Å². The minimum Gasteiger partial charge on any atom is -0.376 e. The van der Waals surface area contributed by atoms with Crippen LogP contribution < -0.4 is 16.0 Å². The molecule has 1 aliphatic rings. The molecule has 5 nitrogen and oxygen atoms in total. The number of halogens is 1. The molecule has 0 aliphatic heterocycles. The second kappa shape index (κ2) is 9.79. The second-order valence-electron chi connectivity index (χ2n) is 7.72. The van der Waals surface area contributed by atoms with E-state index in [1.165, 1.54) is 12.0 Å². The minimum atomic E-state index is -0.189. The van der Waals surface area contributed by atoms with Crippen molar-refractivity contribution >= 4 is 34.8 Å². The van der Waals surface area contributed by atoms with Crippen molar-refractivity contribution in [3.8, 4) is 0 Å². The Hall–Kier alpha value is -2.53. The van der Waals surface area contributed by atoms with Crippen LogP contribution in [0, 0.1) is 13.8 Å². The predicted octanol–water partition coefficient (Wildman–Crippen LogP) is 5.07. The highest BCUT2D eigenvalue weighted by Gasteiger charge is 2.19. The molecule has 29 heavy (non-hydrogen) atoms. The smallest absolute Gasteiger partial charge is 0.253 e. The fourth-order valence-corrected chi connectivity index (χ4v) is 3.88. The van der Waals surface area contributed by atoms with Gasteiger partial charge in [-0.25, -0.2) is 0 Å². The molecule has 1 fully saturated rings. The Morgan fingerprint density at radius 2 is 1.79 bits per heavy atom. The largest absolute Gasteiger partial charge is 0.376 e. The lowest BCUT2D eigenvalue weighted by atomic mass is 9.95. The fraction of sp³-hybridized carbons (Fsp3) is 0.391. The molecule has 2 aromatic carbocycles. The molecule has 0 bridgehead atoms. The number of anilines is 2. The van der Waals surface area contributed by atoms with Gasteiger partial charge in [0.25, 0.3) is 5.91 Å². The summed E-state index contributed by atoms with van der Waals surface area (Å²) in [6, 6.07) is 11.2. The van der Waals surface area contributed by atoms with Crippen LogP contribution in [0.4, 0.5) is 11.4 Å². The maximum atomic E-state index is 12.6. The normalized spacial score (nSPS) is 14.3. The maximum absolute atomic E-state index is 12.6. The molecule has 0 heterocycles. The van der Waals surface area contributed by atoms with Gasteiger partial charge in [0.05, 0.1) is 17.1 Å². The number of aryl methyl sites for hydroxylation is 2. The molecule has 2 amide bonds. The first-order valence-corrected chi connectivity index (χ1v) is 10.5. The predicted molar refractivity (Wildman–Crippen MR) is 119 cm³/mol. The lowest BCUT2D eigenvalue weighted by Crippen LogP contribution is -2.36. The molecule has 3 N–H and O–H groups in total. The van der Waals surface area contributed by atoms with E-state index in [2.05, 4.69) is 22.0 Å². The summed E-state index contributed by atoms with van der Waals surface area (Å²) in [5.41, 5.74) is 4.13. The number of rotatable bonds is 6. The van der Waals surface area contributed by atoms with Gasteiger partial charge >= 0.3 is 0 Å². The molecule has 0 spiro atoms. The van der Waals surface area contributed by atoms with Crippen LogP contribution in [0.15, 0.2) is 36.4 Å². The summed E-state index contributed by atoms with van der Waals surface area (Å²) in [7, 11) is 0. The van der Waals surface area contributed by atoms with Crippen molar-refractivity contribution < 1.29 is 9.59 Å². The molecular formula is C23H28ClN3O2. The van der Waals surface area contributed by atoms with Crippen molar-refractivity contribution in [1.82, 2.24) is 5.32 Å². The monoisotopic (exact) mass is 413 g/mol. The Bertz CT molecular complexity index is 892. The molecule has 1 saturated carbocycles. The van der Waals surface area contributed by atoms with Gasteiger partial charge in [-0.3, -0.25) is 9.59 Å². The first kappa shape index (κ1) is 21.2. The Balaban J connectivity index is 1.59. The average Bonchev–Trinajstić information content (AvgIpc) is 2.69. The number of carbonyl (C=O) groups excluding carboxylic acids is 2. The maximum Gasteiger partial charge on any atom is 0.253 e. The van der Waals surface area contributed by atoms with E-state index in [1.54, 1.807) is 18.2 Å². The SMILES string of the molecule is Cc1ccc(NCC(=O)Nc2ccc(Cl)c(C(=O)NC3CCCCC3)c2)c(C)c1. The van der Waals surface area contributed by atoms with Crippen LogP contribution in [-0.4, -0.2) is 24.4 Å². The molecule has 6 heteroatoms. The van der Waals surface area contributed by atoms with Crippen LogP contribution in [0.3, 0.4) is 0 Å². The zero-order valence-corrected chi connectivity index (χ0v) is 17.7. The topological polar surface area (TPSA) is 70.2 Å². The van der Waals surface area contributed by atoms with Crippen molar-refractivity contribution in [2.75, 3.05) is 17.2 Å². The summed E-state index contributed by atoms with van der Waals surface area (Å²) in [4.78, 5) is 25.0. The van der Waals surface area contributed by atoms with Crippen molar-refractivity contribution in [2.24, 2.45) is 0 Å². The van der Waals surface area contributed by atoms with Gasteiger partial charge in [0, 0.05) is 17.4 Å². The lowest BCUT2D eigenvalue weighted by Gasteiger charge is -2.23. The third kappa shape index (κ3) is 5.97. The standard InChI is InChI=1S/C23H28ClN3O2/c1-15-8-11-21(16(2)12-15)25-14-22(28)26-18-9-10-20(24)19(13-18)23(29)27-17-6-4-3-5-7-17/h8-13,17,25H,3-7,14H2,1-2H3,(H,26,28)(H,27,29). The van der Waals surface area contributed by atoms with E-state index in [0.717, 1.165) is 36.9 Å². The second-order valence-corrected chi connectivity index (χ2v) is 8.13. The van der Waals surface area contributed by atoms with Crippen LogP contribution in [0.2, 0.25) is 5.02 Å². The Morgan fingerprint density at radius 3 is 2.52 bits per heavy atom. The molecule has 0 unspecified atom stereocenters. The minimum absolute atomic E-state index is 0.135. The van der Waals surface area contributed by atoms with Crippen LogP contribution in [0.25, 0.3) is 0 Å². The van der Waals surface area contributed by atoms with E-state index < -0.39 is 0 Å². The van der Waals surface area contributed by atoms with E-state index in [0.29, 0.717) is 16.3 Å². The fourth-order valence-electron chi connectivity index (χ4n) is 3.68. The van der Waals surface area contributed by atoms with Crippen molar-refractivity contribution in [3.63, 3.8) is 0 Å². The summed E-state index contributed by atoms with van der Waals surface area (Å²) in [5, 5.41) is 9.42. The van der Waals surface area contributed by atoms with Crippen molar-refractivity contribution in [3.05, 3.63) is 58.1 Å². The molecular weight excluding hydrogens is 386 g/mol. The zero-order valence-electron chi connectivity index (χ0n) is 17.0. The number of carbonyl (C=O) groups is 2. The Labute approximate surface area is 177 Å². The Morgan fingerprint density at radius 1 is 1.03 bits per heavy atom. The Kier molecular flexibility index (Phi) is 7.15. The lowest BCUT2D eigenvalue weighted by molar-refractivity contribution is -0.114. The van der Waals surface area contributed by atoms with Crippen LogP contribution in [-0.2, 0) is 4.79 Å². The summed E-state index contributed by atoms with van der Waals surface area (Å²) in [5.74, 6) is -0.377. The first-order valence-electron chi connectivity index (χ1n) is 10.1. The quantitative estimate of drug-likeness (QED) is 0.619. The van der Waals surface area contributed by atoms with Crippen LogP contribution in [0.5, 0.6) is 0 Å². The van der Waals surface area contributed by atoms with Gasteiger partial charge < -0.3 is 16.0 Å². The van der Waals surface area contributed by atoms with Crippen molar-refractivity contribution in [2.45, 2.75) is 52.0 Å². The van der Waals surface area contributed by atoms with E-state index in [-0.39, 0.29) is 24.4 Å². The van der Waals surface area contributed by atoms with Gasteiger partial charge in [0.15, 0.2) is 0 Å². The highest BCUT2D eigenvalue weighted by Crippen LogP contribution is 2.23. The van der Waals surface area contributed by atoms with E-state index in [4.69, 9.17) is 11.6 Å². The molecule has 0 saturated heterocycles. The zero-order chi connectivity index (χ0) is 20.8. The van der Waals surface area contributed by atoms with E-state index in [9.17, 15) is 9.59 Å². The summed E-state index contributed by atoms with van der Waals surface area (Å²) < 4.78 is 0. The van der Waals surface area contributed by atoms with Gasteiger partial charge in [-0.1, -0.05) is 48.6 Å². The molecule has 0 atom stereocenters. The summed E-state index contributed by atoms with van der Waals surface area (Å²) in [6.45, 7) is 4.17. The third-order valence-corrected chi connectivity index (χ3v) is 5.59. The summed E-state index contributed by atoms with van der Waals surface area (Å²) >= 11 is 6.23. The van der Waals surface area contributed by atoms with Crippen LogP contribution in [0.1, 0.15) is 53.6 Å². The first-order chi connectivity index (χ1) is 13.9. The van der Waals surface area contributed by atoms with Crippen LogP contribution >= 0.6 is 11.6 Å². The average molecular weight is 414 g/mol. The van der Waals surface area contributed by atoms with E-state index >= 15 is 0 Å². The summed E-state index contributed by atoms with van der Waals surface area (Å²) in [6.07, 6.45) is 5.52. The third-order valence-electron chi connectivity index (χ3n) is 5.26. The van der Waals surface area contributed by atoms with Gasteiger partial charge in [-0.2, -0.15) is 0 Å². The number of hydrogen-bond acceptors (Lipinski definition) is 3. The molecule has 2 aromatic rings. The van der Waals surface area contributed by atoms with Gasteiger partial charge in [-0.15, -0.1) is 0 Å².